The van der Waals surface area contributed by atoms with Gasteiger partial charge in [-0.3, -0.25) is 14.4 Å². The van der Waals surface area contributed by atoms with Crippen molar-refractivity contribution >= 4 is 17.6 Å². The van der Waals surface area contributed by atoms with Gasteiger partial charge in [0.1, 0.15) is 24.5 Å². The van der Waals surface area contributed by atoms with E-state index in [0.717, 1.165) is 5.56 Å². The lowest BCUT2D eigenvalue weighted by Gasteiger charge is -2.27. The van der Waals surface area contributed by atoms with Crippen LogP contribution in [0.15, 0.2) is 48.5 Å². The van der Waals surface area contributed by atoms with Crippen LogP contribution in [0.4, 0.5) is 4.39 Å². The smallest absolute Gasteiger partial charge is 0.251 e. The maximum atomic E-state index is 13.4. The molecule has 0 aliphatic carbocycles. The minimum atomic E-state index is -0.884. The van der Waals surface area contributed by atoms with Crippen LogP contribution in [0.2, 0.25) is 0 Å². The van der Waals surface area contributed by atoms with Crippen molar-refractivity contribution in [2.24, 2.45) is 0 Å². The Labute approximate surface area is 186 Å². The zero-order valence-electron chi connectivity index (χ0n) is 18.2. The summed E-state index contributed by atoms with van der Waals surface area (Å²) in [5.41, 5.74) is 2.28. The zero-order valence-corrected chi connectivity index (χ0v) is 18.2. The number of hydrogen-bond donors (Lipinski definition) is 1. The lowest BCUT2D eigenvalue weighted by atomic mass is 10.0. The third kappa shape index (κ3) is 4.58. The van der Waals surface area contributed by atoms with Gasteiger partial charge in [-0.15, -0.1) is 0 Å². The predicted molar refractivity (Wildman–Crippen MR) is 117 cm³/mol. The van der Waals surface area contributed by atoms with Crippen LogP contribution in [0.3, 0.4) is 0 Å². The van der Waals surface area contributed by atoms with E-state index in [0.29, 0.717) is 30.0 Å². The molecular weight excluding hydrogens is 411 g/mol. The number of Topliss-reactive ketones (excluding diaryl/α,β-unsaturated/α-hetero) is 1. The number of benzene rings is 2. The summed E-state index contributed by atoms with van der Waals surface area (Å²) in [4.78, 5) is 40.2. The van der Waals surface area contributed by atoms with Crippen molar-refractivity contribution in [3.8, 4) is 0 Å². The molecule has 0 aromatic heterocycles. The number of amides is 2. The van der Waals surface area contributed by atoms with Crippen molar-refractivity contribution in [3.05, 3.63) is 71.0 Å². The van der Waals surface area contributed by atoms with Crippen LogP contribution in [0, 0.1) is 5.82 Å². The van der Waals surface area contributed by atoms with Gasteiger partial charge in [0, 0.05) is 18.5 Å². The predicted octanol–water partition coefficient (Wildman–Crippen LogP) is 2.86. The van der Waals surface area contributed by atoms with Gasteiger partial charge in [0.25, 0.3) is 5.91 Å². The summed E-state index contributed by atoms with van der Waals surface area (Å²) in [5, 5.41) is 2.84. The Morgan fingerprint density at radius 2 is 1.81 bits per heavy atom. The highest BCUT2D eigenvalue weighted by atomic mass is 19.1. The molecule has 0 saturated carbocycles. The number of likely N-dealkylation sites (tertiary alicyclic amines) is 1. The Morgan fingerprint density at radius 3 is 2.47 bits per heavy atom. The maximum Gasteiger partial charge on any atom is 0.251 e. The molecule has 2 aromatic rings. The minimum absolute atomic E-state index is 0.0102. The number of ketones is 1. The number of carbonyl (C=O) groups is 3. The molecule has 0 bridgehead atoms. The van der Waals surface area contributed by atoms with Crippen LogP contribution < -0.4 is 5.32 Å². The number of carbonyl (C=O) groups excluding carboxylic acids is 3. The molecule has 2 amide bonds. The van der Waals surface area contributed by atoms with Crippen molar-refractivity contribution in [2.45, 2.75) is 50.8 Å². The fourth-order valence-electron chi connectivity index (χ4n) is 4.36. The van der Waals surface area contributed by atoms with Gasteiger partial charge in [0.15, 0.2) is 5.78 Å². The van der Waals surface area contributed by atoms with Gasteiger partial charge in [-0.1, -0.05) is 38.1 Å². The average Bonchev–Trinajstić information content (AvgIpc) is 3.37. The molecule has 1 N–H and O–H groups in total. The standard InChI is InChI=1S/C25H27FN2O4/c1-15(2)17-5-7-18(8-6-17)24(30)27-20(13-16-3-9-19(26)10-4-16)25(31)28-12-11-22-23(28)21(29)14-32-22/h3-10,15,20,22-23H,11-14H2,1-2H3,(H,27,30). The molecule has 2 heterocycles. The quantitative estimate of drug-likeness (QED) is 0.753. The number of nitrogens with one attached hydrogen (secondary N) is 1. The summed E-state index contributed by atoms with van der Waals surface area (Å²) in [6.07, 6.45) is 0.505. The normalized spacial score (nSPS) is 21.0. The molecule has 3 unspecified atom stereocenters. The van der Waals surface area contributed by atoms with Crippen molar-refractivity contribution < 1.29 is 23.5 Å². The monoisotopic (exact) mass is 438 g/mol. The highest BCUT2D eigenvalue weighted by molar-refractivity contribution is 5.99. The first kappa shape index (κ1) is 22.1. The second-order valence-electron chi connectivity index (χ2n) is 8.71. The molecule has 32 heavy (non-hydrogen) atoms. The Kier molecular flexibility index (Phi) is 6.37. The number of ether oxygens (including phenoxy) is 1. The second kappa shape index (κ2) is 9.20. The fraction of sp³-hybridized carbons (Fsp3) is 0.400. The molecule has 0 spiro atoms. The molecule has 7 heteroatoms. The van der Waals surface area contributed by atoms with E-state index in [1.54, 1.807) is 24.3 Å². The topological polar surface area (TPSA) is 75.7 Å². The molecule has 3 atom stereocenters. The highest BCUT2D eigenvalue weighted by Gasteiger charge is 2.48. The molecule has 2 aliphatic rings. The molecule has 2 aliphatic heterocycles. The molecule has 4 rings (SSSR count). The van der Waals surface area contributed by atoms with E-state index in [1.165, 1.54) is 17.0 Å². The lowest BCUT2D eigenvalue weighted by molar-refractivity contribution is -0.138. The van der Waals surface area contributed by atoms with Gasteiger partial charge in [0.05, 0.1) is 6.10 Å². The number of nitrogens with zero attached hydrogens (tertiary/aromatic N) is 1. The summed E-state index contributed by atoms with van der Waals surface area (Å²) in [7, 11) is 0. The molecule has 2 fully saturated rings. The van der Waals surface area contributed by atoms with E-state index in [-0.39, 0.29) is 42.5 Å². The Balaban J connectivity index is 1.55. The molecule has 0 radical (unpaired) electrons. The average molecular weight is 438 g/mol. The zero-order chi connectivity index (χ0) is 22.8. The molecular formula is C25H27FN2O4. The first-order valence-corrected chi connectivity index (χ1v) is 10.9. The maximum absolute atomic E-state index is 13.4. The molecule has 2 aromatic carbocycles. The summed E-state index contributed by atoms with van der Waals surface area (Å²) >= 11 is 0. The summed E-state index contributed by atoms with van der Waals surface area (Å²) in [5.74, 6) is -0.841. The number of hydrogen-bond acceptors (Lipinski definition) is 4. The minimum Gasteiger partial charge on any atom is -0.368 e. The first-order chi connectivity index (χ1) is 15.3. The Morgan fingerprint density at radius 1 is 1.12 bits per heavy atom. The van der Waals surface area contributed by atoms with Gasteiger partial charge in [-0.05, 0) is 47.7 Å². The first-order valence-electron chi connectivity index (χ1n) is 10.9. The van der Waals surface area contributed by atoms with E-state index in [2.05, 4.69) is 19.2 Å². The van der Waals surface area contributed by atoms with Gasteiger partial charge in [0.2, 0.25) is 5.91 Å². The van der Waals surface area contributed by atoms with Crippen LogP contribution in [0.25, 0.3) is 0 Å². The third-order valence-corrected chi connectivity index (χ3v) is 6.19. The second-order valence-corrected chi connectivity index (χ2v) is 8.71. The van der Waals surface area contributed by atoms with Crippen molar-refractivity contribution in [2.75, 3.05) is 13.2 Å². The van der Waals surface area contributed by atoms with Crippen molar-refractivity contribution in [1.29, 1.82) is 0 Å². The van der Waals surface area contributed by atoms with Crippen molar-refractivity contribution in [1.82, 2.24) is 10.2 Å². The number of halogens is 1. The fourth-order valence-corrected chi connectivity index (χ4v) is 4.36. The van der Waals surface area contributed by atoms with Gasteiger partial charge in [-0.2, -0.15) is 0 Å². The molecule has 168 valence electrons. The van der Waals surface area contributed by atoms with Crippen LogP contribution in [0.5, 0.6) is 0 Å². The number of rotatable bonds is 6. The highest BCUT2D eigenvalue weighted by Crippen LogP contribution is 2.28. The van der Waals surface area contributed by atoms with Crippen molar-refractivity contribution in [3.63, 3.8) is 0 Å². The lowest BCUT2D eigenvalue weighted by Crippen LogP contribution is -2.53. The Bertz CT molecular complexity index is 1000. The summed E-state index contributed by atoms with van der Waals surface area (Å²) in [6.45, 7) is 4.56. The molecule has 6 nitrogen and oxygen atoms in total. The van der Waals surface area contributed by atoms with Crippen LogP contribution >= 0.6 is 0 Å². The Hall–Kier alpha value is -3.06. The van der Waals surface area contributed by atoms with Crippen LogP contribution in [-0.2, 0) is 20.7 Å². The van der Waals surface area contributed by atoms with Gasteiger partial charge >= 0.3 is 0 Å². The SMILES string of the molecule is CC(C)c1ccc(C(=O)NC(Cc2ccc(F)cc2)C(=O)N2CCC3OCC(=O)C32)cc1. The third-order valence-electron chi connectivity index (χ3n) is 6.19. The van der Waals surface area contributed by atoms with E-state index >= 15 is 0 Å². The van der Waals surface area contributed by atoms with Gasteiger partial charge < -0.3 is 15.0 Å². The summed E-state index contributed by atoms with van der Waals surface area (Å²) in [6, 6.07) is 11.6. The van der Waals surface area contributed by atoms with E-state index in [1.807, 2.05) is 12.1 Å². The van der Waals surface area contributed by atoms with E-state index in [9.17, 15) is 18.8 Å². The van der Waals surface area contributed by atoms with E-state index in [4.69, 9.17) is 4.74 Å². The van der Waals surface area contributed by atoms with E-state index < -0.39 is 12.1 Å². The van der Waals surface area contributed by atoms with Gasteiger partial charge in [-0.25, -0.2) is 4.39 Å². The number of fused-ring (bicyclic) bond motifs is 1. The molecule has 2 saturated heterocycles. The summed E-state index contributed by atoms with van der Waals surface area (Å²) < 4.78 is 18.8. The largest absolute Gasteiger partial charge is 0.368 e. The van der Waals surface area contributed by atoms with Crippen LogP contribution in [-0.4, -0.2) is 53.8 Å². The van der Waals surface area contributed by atoms with Crippen LogP contribution in [0.1, 0.15) is 47.7 Å².